The maximum absolute atomic E-state index is 13.1. The number of carbonyl (C=O) groups excluding carboxylic acids is 1. The molecule has 0 bridgehead atoms. The second kappa shape index (κ2) is 9.81. The lowest BCUT2D eigenvalue weighted by Crippen LogP contribution is -2.39. The highest BCUT2D eigenvalue weighted by Crippen LogP contribution is 2.30. The third kappa shape index (κ3) is 4.97. The summed E-state index contributed by atoms with van der Waals surface area (Å²) in [6, 6.07) is 0. The Bertz CT molecular complexity index is 1370. The van der Waals surface area contributed by atoms with Crippen molar-refractivity contribution in [1.82, 2.24) is 24.4 Å². The number of nitrogens with zero attached hydrogens (tertiary/aromatic N) is 3. The van der Waals surface area contributed by atoms with Gasteiger partial charge in [0.25, 0.3) is 17.0 Å². The van der Waals surface area contributed by atoms with Gasteiger partial charge in [-0.25, -0.2) is 4.79 Å². The van der Waals surface area contributed by atoms with Crippen LogP contribution in [0.25, 0.3) is 10.2 Å². The van der Waals surface area contributed by atoms with Crippen LogP contribution in [0.1, 0.15) is 40.5 Å². The molecule has 0 aliphatic heterocycles. The number of fused-ring (bicyclic) bond motifs is 1. The molecule has 3 aromatic heterocycles. The number of rotatable bonds is 8. The predicted octanol–water partition coefficient (Wildman–Crippen LogP) is -0.517. The molecule has 1 amide bonds. The van der Waals surface area contributed by atoms with E-state index in [2.05, 4.69) is 15.3 Å². The topological polar surface area (TPSA) is 159 Å². The molecule has 12 heteroatoms. The fourth-order valence-electron chi connectivity index (χ4n) is 3.45. The number of hydrogen-bond donors (Lipinski definition) is 4. The summed E-state index contributed by atoms with van der Waals surface area (Å²) in [6.45, 7) is 5.12. The summed E-state index contributed by atoms with van der Waals surface area (Å²) in [7, 11) is 1.35. The van der Waals surface area contributed by atoms with Gasteiger partial charge < -0.3 is 20.5 Å². The molecule has 3 aromatic rings. The van der Waals surface area contributed by atoms with Crippen molar-refractivity contribution in [2.24, 2.45) is 13.0 Å². The highest BCUT2D eigenvalue weighted by atomic mass is 32.1. The smallest absolute Gasteiger partial charge is 0.331 e. The third-order valence-electron chi connectivity index (χ3n) is 5.04. The van der Waals surface area contributed by atoms with Crippen molar-refractivity contribution in [2.45, 2.75) is 39.8 Å². The minimum Gasteiger partial charge on any atom is -0.394 e. The lowest BCUT2D eigenvalue weighted by atomic mass is 10.1. The molecule has 0 spiro atoms. The maximum atomic E-state index is 13.1. The molecule has 0 saturated heterocycles. The number of H-pyrrole nitrogens is 1. The molecule has 3 rings (SSSR count). The average Bonchev–Trinajstić information content (AvgIpc) is 3.14. The summed E-state index contributed by atoms with van der Waals surface area (Å²) in [4.78, 5) is 59.0. The number of amides is 1. The van der Waals surface area contributed by atoms with Crippen LogP contribution in [0.3, 0.4) is 0 Å². The molecule has 0 fully saturated rings. The van der Waals surface area contributed by atoms with Crippen LogP contribution in [0.4, 0.5) is 0 Å². The Morgan fingerprint density at radius 1 is 1.30 bits per heavy atom. The van der Waals surface area contributed by atoms with Crippen LogP contribution in [0.5, 0.6) is 0 Å². The van der Waals surface area contributed by atoms with Crippen LogP contribution in [0.15, 0.2) is 20.6 Å². The lowest BCUT2D eigenvalue weighted by molar-refractivity contribution is 0.0802. The molecule has 3 heterocycles. The van der Waals surface area contributed by atoms with Gasteiger partial charge in [0.1, 0.15) is 10.5 Å². The molecule has 0 aliphatic rings. The van der Waals surface area contributed by atoms with E-state index in [0.29, 0.717) is 21.9 Å². The van der Waals surface area contributed by atoms with Crippen molar-refractivity contribution in [3.8, 4) is 0 Å². The van der Waals surface area contributed by atoms with Gasteiger partial charge in [-0.3, -0.25) is 28.5 Å². The number of thiophene rings is 1. The first-order valence-corrected chi connectivity index (χ1v) is 11.2. The van der Waals surface area contributed by atoms with Crippen LogP contribution < -0.4 is 22.1 Å². The van der Waals surface area contributed by atoms with E-state index in [4.69, 9.17) is 5.11 Å². The Balaban J connectivity index is 2.29. The van der Waals surface area contributed by atoms with E-state index in [0.717, 1.165) is 15.9 Å². The fraction of sp³-hybridized carbons (Fsp3) is 0.476. The van der Waals surface area contributed by atoms with E-state index in [9.17, 15) is 24.3 Å². The standard InChI is InChI=1S/C21H27N5O6S/c1-10(2)8-26-20-16(19(31)25(4)21(26)32)15(18(30)23-7-12(28)9-27)14(33-20)5-13-17(29)22-6-11(3)24-13/h6,10,12,27-28H,5,7-9H2,1-4H3,(H,22,29)(H,23,30)/t12-/m0/s1. The van der Waals surface area contributed by atoms with E-state index in [1.807, 2.05) is 13.8 Å². The zero-order valence-electron chi connectivity index (χ0n) is 18.8. The second-order valence-electron chi connectivity index (χ2n) is 8.27. The minimum atomic E-state index is -1.18. The largest absolute Gasteiger partial charge is 0.394 e. The molecule has 11 nitrogen and oxygen atoms in total. The van der Waals surface area contributed by atoms with E-state index in [-0.39, 0.29) is 35.5 Å². The SMILES string of the molecule is Cc1c[nH]c(=O)c(Cc2sc3c(c2C(=O)NC[C@H](O)CO)c(=O)n(C)c(=O)n3CC(C)C)n1. The number of aliphatic hydroxyl groups excluding tert-OH is 2. The van der Waals surface area contributed by atoms with Gasteiger partial charge in [0.2, 0.25) is 0 Å². The molecule has 0 aliphatic carbocycles. The molecule has 178 valence electrons. The number of hydrogen-bond acceptors (Lipinski definition) is 8. The van der Waals surface area contributed by atoms with Gasteiger partial charge in [-0.2, -0.15) is 0 Å². The summed E-state index contributed by atoms with van der Waals surface area (Å²) < 4.78 is 2.42. The van der Waals surface area contributed by atoms with Gasteiger partial charge in [-0.15, -0.1) is 11.3 Å². The molecule has 33 heavy (non-hydrogen) atoms. The second-order valence-corrected chi connectivity index (χ2v) is 9.36. The highest BCUT2D eigenvalue weighted by Gasteiger charge is 2.26. The van der Waals surface area contributed by atoms with Crippen molar-refractivity contribution in [1.29, 1.82) is 0 Å². The molecule has 0 aromatic carbocycles. The zero-order chi connectivity index (χ0) is 24.4. The molecular formula is C21H27N5O6S. The summed E-state index contributed by atoms with van der Waals surface area (Å²) in [6.07, 6.45) is 0.266. The Labute approximate surface area is 192 Å². The van der Waals surface area contributed by atoms with Gasteiger partial charge in [-0.05, 0) is 12.8 Å². The van der Waals surface area contributed by atoms with Crippen molar-refractivity contribution in [3.05, 3.63) is 59.2 Å². The lowest BCUT2D eigenvalue weighted by Gasteiger charge is -2.12. The monoisotopic (exact) mass is 477 g/mol. The van der Waals surface area contributed by atoms with Crippen LogP contribution in [-0.4, -0.2) is 54.5 Å². The van der Waals surface area contributed by atoms with E-state index < -0.39 is 35.4 Å². The summed E-state index contributed by atoms with van der Waals surface area (Å²) in [5, 5.41) is 21.3. The van der Waals surface area contributed by atoms with Crippen molar-refractivity contribution >= 4 is 27.5 Å². The number of aromatic nitrogens is 4. The fourth-order valence-corrected chi connectivity index (χ4v) is 4.74. The Hall–Kier alpha value is -3.09. The zero-order valence-corrected chi connectivity index (χ0v) is 19.7. The van der Waals surface area contributed by atoms with Gasteiger partial charge >= 0.3 is 5.69 Å². The number of carbonyl (C=O) groups is 1. The normalized spacial score (nSPS) is 12.5. The molecule has 4 N–H and O–H groups in total. The highest BCUT2D eigenvalue weighted by molar-refractivity contribution is 7.19. The first-order valence-electron chi connectivity index (χ1n) is 10.4. The van der Waals surface area contributed by atoms with Crippen LogP contribution in [0.2, 0.25) is 0 Å². The maximum Gasteiger partial charge on any atom is 0.331 e. The average molecular weight is 478 g/mol. The third-order valence-corrected chi connectivity index (χ3v) is 6.25. The predicted molar refractivity (Wildman–Crippen MR) is 124 cm³/mol. The van der Waals surface area contributed by atoms with Crippen LogP contribution >= 0.6 is 11.3 Å². The first kappa shape index (κ1) is 24.6. The van der Waals surface area contributed by atoms with Crippen molar-refractivity contribution in [2.75, 3.05) is 13.2 Å². The van der Waals surface area contributed by atoms with E-state index in [1.165, 1.54) is 17.8 Å². The van der Waals surface area contributed by atoms with Crippen molar-refractivity contribution in [3.63, 3.8) is 0 Å². The number of aromatic amines is 1. The van der Waals surface area contributed by atoms with Gasteiger partial charge in [0, 0.05) is 37.6 Å². The molecule has 1 atom stereocenters. The summed E-state index contributed by atoms with van der Waals surface area (Å²) in [5.74, 6) is -0.563. The van der Waals surface area contributed by atoms with E-state index in [1.54, 1.807) is 6.92 Å². The molecule has 0 radical (unpaired) electrons. The van der Waals surface area contributed by atoms with Crippen molar-refractivity contribution < 1.29 is 15.0 Å². The van der Waals surface area contributed by atoms with E-state index >= 15 is 0 Å². The molecular weight excluding hydrogens is 450 g/mol. The Kier molecular flexibility index (Phi) is 7.30. The van der Waals surface area contributed by atoms with Gasteiger partial charge in [0.15, 0.2) is 0 Å². The van der Waals surface area contributed by atoms with Gasteiger partial charge in [-0.1, -0.05) is 13.8 Å². The minimum absolute atomic E-state index is 0.0271. The quantitative estimate of drug-likeness (QED) is 0.340. The Morgan fingerprint density at radius 3 is 2.64 bits per heavy atom. The van der Waals surface area contributed by atoms with Gasteiger partial charge in [0.05, 0.1) is 29.4 Å². The molecule has 0 saturated carbocycles. The Morgan fingerprint density at radius 2 is 2.00 bits per heavy atom. The number of aliphatic hydroxyl groups is 2. The number of nitrogens with one attached hydrogen (secondary N) is 2. The first-order chi connectivity index (χ1) is 15.5. The summed E-state index contributed by atoms with van der Waals surface area (Å²) in [5.41, 5.74) is -0.774. The number of aryl methyl sites for hydroxylation is 1. The van der Waals surface area contributed by atoms with Crippen LogP contribution in [0, 0.1) is 12.8 Å². The summed E-state index contributed by atoms with van der Waals surface area (Å²) >= 11 is 1.09. The molecule has 0 unspecified atom stereocenters. The van der Waals surface area contributed by atoms with Crippen LogP contribution in [-0.2, 0) is 20.0 Å².